The Balaban J connectivity index is 1.80. The smallest absolute Gasteiger partial charge is 0.255 e. The lowest BCUT2D eigenvalue weighted by atomic mass is 9.99. The van der Waals surface area contributed by atoms with Gasteiger partial charge >= 0.3 is 0 Å². The van der Waals surface area contributed by atoms with E-state index in [0.29, 0.717) is 28.5 Å². The normalized spacial score (nSPS) is 10.9. The predicted molar refractivity (Wildman–Crippen MR) is 116 cm³/mol. The average Bonchev–Trinajstić information content (AvgIpc) is 2.72. The Labute approximate surface area is 174 Å². The lowest BCUT2D eigenvalue weighted by Gasteiger charge is -2.12. The monoisotopic (exact) mass is 408 g/mol. The number of nitrogens with one attached hydrogen (secondary N) is 1. The molecule has 0 aliphatic heterocycles. The Hall–Kier alpha value is -2.86. The molecule has 0 radical (unpaired) electrons. The molecule has 5 nitrogen and oxygen atoms in total. The Morgan fingerprint density at radius 1 is 1.10 bits per heavy atom. The molecule has 2 aromatic carbocycles. The molecule has 3 rings (SSSR count). The molecule has 0 fully saturated rings. The van der Waals surface area contributed by atoms with Crippen LogP contribution in [-0.2, 0) is 6.42 Å². The van der Waals surface area contributed by atoms with Gasteiger partial charge in [0.25, 0.3) is 5.56 Å². The molecule has 0 atom stereocenters. The Bertz CT molecular complexity index is 1030. The second kappa shape index (κ2) is 9.56. The molecule has 150 valence electrons. The van der Waals surface area contributed by atoms with Crippen molar-refractivity contribution < 1.29 is 9.53 Å². The van der Waals surface area contributed by atoms with Crippen molar-refractivity contribution in [3.8, 4) is 5.75 Å². The van der Waals surface area contributed by atoms with Crippen molar-refractivity contribution >= 4 is 17.5 Å². The van der Waals surface area contributed by atoms with Gasteiger partial charge in [-0.05, 0) is 35.7 Å². The van der Waals surface area contributed by atoms with Crippen molar-refractivity contribution in [3.63, 3.8) is 0 Å². The standard InChI is InChI=1S/C23H24N2O3S/c1-15(2)21-19(13-16-7-5-4-6-8-16)24-23(25-22(21)27)29-14-20(26)17-9-11-18(28-3)12-10-17/h4-12,15H,13-14H2,1-3H3,(H,24,25,27). The summed E-state index contributed by atoms with van der Waals surface area (Å²) in [6.45, 7) is 3.97. The van der Waals surface area contributed by atoms with Crippen molar-refractivity contribution in [2.75, 3.05) is 12.9 Å². The van der Waals surface area contributed by atoms with E-state index in [2.05, 4.69) is 9.97 Å². The number of H-pyrrole nitrogens is 1. The van der Waals surface area contributed by atoms with Crippen LogP contribution in [0.2, 0.25) is 0 Å². The molecule has 0 unspecified atom stereocenters. The number of hydrogen-bond acceptors (Lipinski definition) is 5. The molecule has 29 heavy (non-hydrogen) atoms. The number of ether oxygens (including phenoxy) is 1. The molecule has 0 aliphatic rings. The van der Waals surface area contributed by atoms with Crippen LogP contribution in [0.15, 0.2) is 64.5 Å². The van der Waals surface area contributed by atoms with E-state index >= 15 is 0 Å². The van der Waals surface area contributed by atoms with Gasteiger partial charge in [0.15, 0.2) is 10.9 Å². The van der Waals surface area contributed by atoms with Crippen LogP contribution in [0, 0.1) is 0 Å². The van der Waals surface area contributed by atoms with Gasteiger partial charge in [-0.2, -0.15) is 0 Å². The van der Waals surface area contributed by atoms with Crippen LogP contribution in [0.4, 0.5) is 0 Å². The fraction of sp³-hybridized carbons (Fsp3) is 0.261. The van der Waals surface area contributed by atoms with E-state index < -0.39 is 0 Å². The largest absolute Gasteiger partial charge is 0.497 e. The second-order valence-corrected chi connectivity index (χ2v) is 7.95. The maximum absolute atomic E-state index is 12.7. The lowest BCUT2D eigenvalue weighted by Crippen LogP contribution is -2.20. The summed E-state index contributed by atoms with van der Waals surface area (Å²) in [4.78, 5) is 32.7. The highest BCUT2D eigenvalue weighted by atomic mass is 32.2. The van der Waals surface area contributed by atoms with E-state index in [0.717, 1.165) is 11.3 Å². The number of carbonyl (C=O) groups is 1. The van der Waals surface area contributed by atoms with Crippen LogP contribution in [0.5, 0.6) is 5.75 Å². The highest BCUT2D eigenvalue weighted by Gasteiger charge is 2.16. The first-order valence-corrected chi connectivity index (χ1v) is 10.4. The highest BCUT2D eigenvalue weighted by Crippen LogP contribution is 2.21. The summed E-state index contributed by atoms with van der Waals surface area (Å²) in [5, 5.41) is 0.465. The van der Waals surface area contributed by atoms with Crippen LogP contribution in [0.3, 0.4) is 0 Å². The summed E-state index contributed by atoms with van der Waals surface area (Å²) in [6, 6.07) is 16.9. The van der Waals surface area contributed by atoms with Crippen LogP contribution in [-0.4, -0.2) is 28.6 Å². The van der Waals surface area contributed by atoms with E-state index in [1.54, 1.807) is 31.4 Å². The summed E-state index contributed by atoms with van der Waals surface area (Å²) in [6.07, 6.45) is 0.582. The SMILES string of the molecule is COc1ccc(C(=O)CSc2nc(Cc3ccccc3)c(C(C)C)c(=O)[nH]2)cc1. The summed E-state index contributed by atoms with van der Waals surface area (Å²) < 4.78 is 5.12. The molecule has 0 saturated carbocycles. The first-order valence-electron chi connectivity index (χ1n) is 9.45. The molecule has 6 heteroatoms. The van der Waals surface area contributed by atoms with Crippen LogP contribution in [0.1, 0.15) is 46.9 Å². The second-order valence-electron chi connectivity index (χ2n) is 6.99. The van der Waals surface area contributed by atoms with Gasteiger partial charge in [-0.1, -0.05) is 55.9 Å². The summed E-state index contributed by atoms with van der Waals surface area (Å²) in [5.41, 5.74) is 3.01. The van der Waals surface area contributed by atoms with Gasteiger partial charge in [0.1, 0.15) is 5.75 Å². The van der Waals surface area contributed by atoms with Gasteiger partial charge in [-0.15, -0.1) is 0 Å². The number of carbonyl (C=O) groups excluding carboxylic acids is 1. The fourth-order valence-corrected chi connectivity index (χ4v) is 3.86. The van der Waals surface area contributed by atoms with Gasteiger partial charge in [0, 0.05) is 17.5 Å². The molecule has 0 amide bonds. The molecule has 3 aromatic rings. The molecule has 0 saturated heterocycles. The Kier molecular flexibility index (Phi) is 6.88. The number of aromatic nitrogens is 2. The van der Waals surface area contributed by atoms with Crippen LogP contribution < -0.4 is 10.3 Å². The third-order valence-corrected chi connectivity index (χ3v) is 5.43. The molecule has 1 N–H and O–H groups in total. The fourth-order valence-electron chi connectivity index (χ4n) is 3.09. The number of methoxy groups -OCH3 is 1. The zero-order chi connectivity index (χ0) is 20.8. The zero-order valence-electron chi connectivity index (χ0n) is 16.8. The van der Waals surface area contributed by atoms with E-state index in [9.17, 15) is 9.59 Å². The van der Waals surface area contributed by atoms with Gasteiger partial charge in [0.2, 0.25) is 0 Å². The first-order chi connectivity index (χ1) is 14.0. The van der Waals surface area contributed by atoms with E-state index in [1.165, 1.54) is 11.8 Å². The average molecular weight is 409 g/mol. The number of benzene rings is 2. The summed E-state index contributed by atoms with van der Waals surface area (Å²) in [7, 11) is 1.59. The highest BCUT2D eigenvalue weighted by molar-refractivity contribution is 7.99. The summed E-state index contributed by atoms with van der Waals surface area (Å²) >= 11 is 1.25. The van der Waals surface area contributed by atoms with Crippen molar-refractivity contribution in [2.24, 2.45) is 0 Å². The zero-order valence-corrected chi connectivity index (χ0v) is 17.6. The molecule has 1 heterocycles. The molecule has 0 spiro atoms. The minimum Gasteiger partial charge on any atom is -0.497 e. The topological polar surface area (TPSA) is 72.0 Å². The number of rotatable bonds is 8. The van der Waals surface area contributed by atoms with Crippen molar-refractivity contribution in [1.29, 1.82) is 0 Å². The van der Waals surface area contributed by atoms with Crippen molar-refractivity contribution in [1.82, 2.24) is 9.97 Å². The number of aromatic amines is 1. The number of hydrogen-bond donors (Lipinski definition) is 1. The quantitative estimate of drug-likeness (QED) is 0.338. The number of ketones is 1. The maximum atomic E-state index is 12.7. The maximum Gasteiger partial charge on any atom is 0.255 e. The van der Waals surface area contributed by atoms with Crippen LogP contribution >= 0.6 is 11.8 Å². The summed E-state index contributed by atoms with van der Waals surface area (Å²) in [5.74, 6) is 0.930. The molecule has 1 aromatic heterocycles. The molecular weight excluding hydrogens is 384 g/mol. The van der Waals surface area contributed by atoms with Gasteiger partial charge in [-0.3, -0.25) is 9.59 Å². The van der Waals surface area contributed by atoms with Gasteiger partial charge < -0.3 is 9.72 Å². The molecular formula is C23H24N2O3S. The third kappa shape index (κ3) is 5.35. The van der Waals surface area contributed by atoms with Gasteiger partial charge in [0.05, 0.1) is 18.6 Å². The van der Waals surface area contributed by atoms with E-state index in [-0.39, 0.29) is 23.0 Å². The minimum absolute atomic E-state index is 0.0298. The van der Waals surface area contributed by atoms with Crippen LogP contribution in [0.25, 0.3) is 0 Å². The lowest BCUT2D eigenvalue weighted by molar-refractivity contribution is 0.102. The number of Topliss-reactive ketones (excluding diaryl/α,β-unsaturated/α-hetero) is 1. The molecule has 0 bridgehead atoms. The number of thioether (sulfide) groups is 1. The van der Waals surface area contributed by atoms with E-state index in [1.807, 2.05) is 44.2 Å². The Morgan fingerprint density at radius 2 is 1.79 bits per heavy atom. The van der Waals surface area contributed by atoms with E-state index in [4.69, 9.17) is 4.74 Å². The Morgan fingerprint density at radius 3 is 2.41 bits per heavy atom. The van der Waals surface area contributed by atoms with Crippen molar-refractivity contribution in [2.45, 2.75) is 31.3 Å². The number of nitrogens with zero attached hydrogens (tertiary/aromatic N) is 1. The molecule has 0 aliphatic carbocycles. The third-order valence-electron chi connectivity index (χ3n) is 4.56. The first kappa shape index (κ1) is 20.9. The predicted octanol–water partition coefficient (Wildman–Crippen LogP) is 4.47. The van der Waals surface area contributed by atoms with Gasteiger partial charge in [-0.25, -0.2) is 4.98 Å². The minimum atomic E-state index is -0.139. The van der Waals surface area contributed by atoms with Crippen molar-refractivity contribution in [3.05, 3.63) is 87.3 Å².